The molecule has 1 N–H and O–H groups in total. The zero-order valence-corrected chi connectivity index (χ0v) is 10.7. The third-order valence-corrected chi connectivity index (χ3v) is 2.87. The summed E-state index contributed by atoms with van der Waals surface area (Å²) >= 11 is 0. The van der Waals surface area contributed by atoms with E-state index >= 15 is 0 Å². The number of benzene rings is 1. The summed E-state index contributed by atoms with van der Waals surface area (Å²) < 4.78 is 12.9. The van der Waals surface area contributed by atoms with Gasteiger partial charge in [0.25, 0.3) is 0 Å². The van der Waals surface area contributed by atoms with Gasteiger partial charge < -0.3 is 5.32 Å². The normalized spacial score (nSPS) is 10.6. The fraction of sp³-hybridized carbons (Fsp3) is 0.267. The molecular weight excluding hydrogens is 227 g/mol. The third-order valence-electron chi connectivity index (χ3n) is 2.87. The molecule has 0 aliphatic carbocycles. The zero-order valence-electron chi connectivity index (χ0n) is 10.7. The van der Waals surface area contributed by atoms with E-state index in [2.05, 4.69) is 10.3 Å². The monoisotopic (exact) mass is 244 g/mol. The van der Waals surface area contributed by atoms with Crippen LogP contribution in [0.5, 0.6) is 0 Å². The van der Waals surface area contributed by atoms with Gasteiger partial charge in [0.1, 0.15) is 5.82 Å². The minimum Gasteiger partial charge on any atom is -0.307 e. The van der Waals surface area contributed by atoms with Crippen LogP contribution in [0.1, 0.15) is 22.5 Å². The Balaban J connectivity index is 1.92. The first-order valence-corrected chi connectivity index (χ1v) is 6.03. The maximum atomic E-state index is 12.9. The Morgan fingerprint density at radius 2 is 1.94 bits per heavy atom. The molecule has 0 radical (unpaired) electrons. The smallest absolute Gasteiger partial charge is 0.123 e. The van der Waals surface area contributed by atoms with Crippen LogP contribution in [-0.4, -0.2) is 4.98 Å². The second-order valence-electron chi connectivity index (χ2n) is 4.44. The topological polar surface area (TPSA) is 24.9 Å². The number of nitrogens with one attached hydrogen (secondary N) is 1. The van der Waals surface area contributed by atoms with E-state index in [0.29, 0.717) is 0 Å². The van der Waals surface area contributed by atoms with Crippen LogP contribution in [0.3, 0.4) is 0 Å². The summed E-state index contributed by atoms with van der Waals surface area (Å²) in [4.78, 5) is 4.42. The highest BCUT2D eigenvalue weighted by atomic mass is 19.1. The maximum absolute atomic E-state index is 12.9. The summed E-state index contributed by atoms with van der Waals surface area (Å²) in [5.41, 5.74) is 4.13. The number of hydrogen-bond donors (Lipinski definition) is 1. The van der Waals surface area contributed by atoms with Crippen LogP contribution in [0, 0.1) is 19.7 Å². The van der Waals surface area contributed by atoms with Gasteiger partial charge in [-0.3, -0.25) is 4.98 Å². The average Bonchev–Trinajstić information content (AvgIpc) is 2.32. The molecule has 1 aromatic carbocycles. The quantitative estimate of drug-likeness (QED) is 0.893. The van der Waals surface area contributed by atoms with Crippen molar-refractivity contribution in [2.45, 2.75) is 26.9 Å². The predicted molar refractivity (Wildman–Crippen MR) is 70.7 cm³/mol. The van der Waals surface area contributed by atoms with Gasteiger partial charge in [-0.1, -0.05) is 12.1 Å². The van der Waals surface area contributed by atoms with E-state index in [1.165, 1.54) is 6.07 Å². The molecule has 0 saturated heterocycles. The Bertz CT molecular complexity index is 538. The highest BCUT2D eigenvalue weighted by Gasteiger charge is 2.00. The highest BCUT2D eigenvalue weighted by Crippen LogP contribution is 2.10. The van der Waals surface area contributed by atoms with Crippen molar-refractivity contribution in [3.8, 4) is 0 Å². The predicted octanol–water partition coefficient (Wildman–Crippen LogP) is 3.13. The van der Waals surface area contributed by atoms with Crippen LogP contribution >= 0.6 is 0 Å². The number of aromatic nitrogens is 1. The van der Waals surface area contributed by atoms with E-state index in [1.807, 2.05) is 38.1 Å². The Kier molecular flexibility index (Phi) is 4.05. The second kappa shape index (κ2) is 5.74. The van der Waals surface area contributed by atoms with Crippen molar-refractivity contribution in [2.24, 2.45) is 0 Å². The number of pyridine rings is 1. The molecule has 0 aliphatic heterocycles. The Morgan fingerprint density at radius 1 is 1.11 bits per heavy atom. The first kappa shape index (κ1) is 12.7. The number of aryl methyl sites for hydroxylation is 2. The molecule has 0 spiro atoms. The summed E-state index contributed by atoms with van der Waals surface area (Å²) in [5, 5.41) is 3.32. The van der Waals surface area contributed by atoms with E-state index in [1.54, 1.807) is 6.07 Å². The van der Waals surface area contributed by atoms with Gasteiger partial charge >= 0.3 is 0 Å². The molecule has 0 fully saturated rings. The van der Waals surface area contributed by atoms with Gasteiger partial charge in [0, 0.05) is 18.8 Å². The Morgan fingerprint density at radius 3 is 2.67 bits per heavy atom. The van der Waals surface area contributed by atoms with Gasteiger partial charge in [-0.2, -0.15) is 0 Å². The summed E-state index contributed by atoms with van der Waals surface area (Å²) in [6.45, 7) is 5.35. The molecule has 0 bridgehead atoms. The zero-order chi connectivity index (χ0) is 13.0. The number of nitrogens with zero attached hydrogens (tertiary/aromatic N) is 1. The molecule has 1 aromatic heterocycles. The molecule has 0 atom stereocenters. The number of hydrogen-bond acceptors (Lipinski definition) is 2. The van der Waals surface area contributed by atoms with Crippen LogP contribution in [0.25, 0.3) is 0 Å². The van der Waals surface area contributed by atoms with E-state index < -0.39 is 0 Å². The van der Waals surface area contributed by atoms with Crippen LogP contribution in [0.15, 0.2) is 36.4 Å². The summed E-state index contributed by atoms with van der Waals surface area (Å²) in [7, 11) is 0. The fourth-order valence-corrected chi connectivity index (χ4v) is 1.88. The van der Waals surface area contributed by atoms with Crippen molar-refractivity contribution >= 4 is 0 Å². The molecule has 0 saturated carbocycles. The second-order valence-corrected chi connectivity index (χ2v) is 4.44. The molecule has 0 amide bonds. The van der Waals surface area contributed by atoms with Crippen molar-refractivity contribution in [1.82, 2.24) is 10.3 Å². The van der Waals surface area contributed by atoms with E-state index in [0.717, 1.165) is 35.6 Å². The summed E-state index contributed by atoms with van der Waals surface area (Å²) in [5.74, 6) is -0.184. The van der Waals surface area contributed by atoms with E-state index in [-0.39, 0.29) is 5.82 Å². The van der Waals surface area contributed by atoms with Gasteiger partial charge in [0.2, 0.25) is 0 Å². The van der Waals surface area contributed by atoms with Crippen LogP contribution in [0.2, 0.25) is 0 Å². The standard InChI is InChI=1S/C15H17FN2/c1-11-8-14(16)7-6-13(11)9-17-10-15-5-3-4-12(2)18-15/h3-8,17H,9-10H2,1-2H3. The van der Waals surface area contributed by atoms with Gasteiger partial charge in [-0.05, 0) is 49.2 Å². The van der Waals surface area contributed by atoms with Crippen molar-refractivity contribution in [3.63, 3.8) is 0 Å². The molecule has 18 heavy (non-hydrogen) atoms. The van der Waals surface area contributed by atoms with Crippen molar-refractivity contribution in [1.29, 1.82) is 0 Å². The van der Waals surface area contributed by atoms with Crippen molar-refractivity contribution < 1.29 is 4.39 Å². The largest absolute Gasteiger partial charge is 0.307 e. The van der Waals surface area contributed by atoms with Gasteiger partial charge in [0.15, 0.2) is 0 Å². The molecule has 94 valence electrons. The minimum absolute atomic E-state index is 0.184. The lowest BCUT2D eigenvalue weighted by atomic mass is 10.1. The molecule has 2 rings (SSSR count). The van der Waals surface area contributed by atoms with Crippen LogP contribution < -0.4 is 5.32 Å². The lowest BCUT2D eigenvalue weighted by Crippen LogP contribution is -2.14. The Labute approximate surface area is 107 Å². The maximum Gasteiger partial charge on any atom is 0.123 e. The van der Waals surface area contributed by atoms with Gasteiger partial charge in [-0.15, -0.1) is 0 Å². The molecule has 1 heterocycles. The average molecular weight is 244 g/mol. The van der Waals surface area contributed by atoms with Gasteiger partial charge in [0.05, 0.1) is 5.69 Å². The molecular formula is C15H17FN2. The highest BCUT2D eigenvalue weighted by molar-refractivity contribution is 5.26. The lowest BCUT2D eigenvalue weighted by molar-refractivity contribution is 0.622. The fourth-order valence-electron chi connectivity index (χ4n) is 1.88. The number of rotatable bonds is 4. The summed E-state index contributed by atoms with van der Waals surface area (Å²) in [6, 6.07) is 10.9. The minimum atomic E-state index is -0.184. The van der Waals surface area contributed by atoms with Crippen LogP contribution in [-0.2, 0) is 13.1 Å². The number of halogens is 1. The molecule has 3 heteroatoms. The van der Waals surface area contributed by atoms with E-state index in [4.69, 9.17) is 0 Å². The SMILES string of the molecule is Cc1cccc(CNCc2ccc(F)cc2C)n1. The van der Waals surface area contributed by atoms with Gasteiger partial charge in [-0.25, -0.2) is 4.39 Å². The van der Waals surface area contributed by atoms with E-state index in [9.17, 15) is 4.39 Å². The summed E-state index contributed by atoms with van der Waals surface area (Å²) in [6.07, 6.45) is 0. The van der Waals surface area contributed by atoms with Crippen molar-refractivity contribution in [3.05, 3.63) is 64.7 Å². The molecule has 2 nitrogen and oxygen atoms in total. The first-order valence-electron chi connectivity index (χ1n) is 6.03. The molecule has 0 unspecified atom stereocenters. The third kappa shape index (κ3) is 3.37. The first-order chi connectivity index (χ1) is 8.65. The Hall–Kier alpha value is -1.74. The molecule has 0 aliphatic rings. The molecule has 2 aromatic rings. The lowest BCUT2D eigenvalue weighted by Gasteiger charge is -2.08. The van der Waals surface area contributed by atoms with Crippen LogP contribution in [0.4, 0.5) is 4.39 Å². The van der Waals surface area contributed by atoms with Crippen molar-refractivity contribution in [2.75, 3.05) is 0 Å².